The lowest BCUT2D eigenvalue weighted by molar-refractivity contribution is 0.168. The monoisotopic (exact) mass is 185 g/mol. The maximum Gasteiger partial charge on any atom is 0.00693 e. The summed E-state index contributed by atoms with van der Waals surface area (Å²) in [7, 11) is 0. The summed E-state index contributed by atoms with van der Waals surface area (Å²) in [6.07, 6.45) is 2.61. The van der Waals surface area contributed by atoms with Gasteiger partial charge in [-0.2, -0.15) is 0 Å². The Morgan fingerprint density at radius 1 is 1.15 bits per heavy atom. The van der Waals surface area contributed by atoms with Gasteiger partial charge in [0.05, 0.1) is 0 Å². The fourth-order valence-electron chi connectivity index (χ4n) is 2.05. The predicted octanol–water partition coefficient (Wildman–Crippen LogP) is 3.45. The van der Waals surface area contributed by atoms with Crippen molar-refractivity contribution < 1.29 is 0 Å². The zero-order valence-electron chi connectivity index (χ0n) is 10.3. The van der Waals surface area contributed by atoms with E-state index in [0.717, 1.165) is 12.5 Å². The van der Waals surface area contributed by atoms with Crippen LogP contribution in [0.4, 0.5) is 0 Å². The molecule has 0 heterocycles. The lowest BCUT2D eigenvalue weighted by Gasteiger charge is -2.36. The summed E-state index contributed by atoms with van der Waals surface area (Å²) >= 11 is 0. The second-order valence-corrected chi connectivity index (χ2v) is 4.87. The minimum absolute atomic E-state index is 0.469. The molecule has 0 aliphatic rings. The van der Waals surface area contributed by atoms with Crippen molar-refractivity contribution in [3.8, 4) is 0 Å². The lowest BCUT2D eigenvalue weighted by atomic mass is 9.73. The molecule has 0 spiro atoms. The van der Waals surface area contributed by atoms with Crippen LogP contribution in [-0.2, 0) is 0 Å². The van der Waals surface area contributed by atoms with Crippen molar-refractivity contribution in [1.29, 1.82) is 0 Å². The van der Waals surface area contributed by atoms with E-state index < -0.39 is 0 Å². The van der Waals surface area contributed by atoms with Gasteiger partial charge in [0.2, 0.25) is 0 Å². The molecule has 0 saturated carbocycles. The highest BCUT2D eigenvalue weighted by Gasteiger charge is 2.28. The molecule has 1 unspecified atom stereocenters. The zero-order valence-corrected chi connectivity index (χ0v) is 10.3. The summed E-state index contributed by atoms with van der Waals surface area (Å²) in [5.74, 6) is 0.743. The van der Waals surface area contributed by atoms with Crippen LogP contribution in [0.2, 0.25) is 0 Å². The van der Waals surface area contributed by atoms with Crippen LogP contribution in [0.25, 0.3) is 0 Å². The molecule has 0 aliphatic carbocycles. The first-order valence-electron chi connectivity index (χ1n) is 5.69. The molecular weight excluding hydrogens is 158 g/mol. The fraction of sp³-hybridized carbons (Fsp3) is 1.00. The summed E-state index contributed by atoms with van der Waals surface area (Å²) in [5, 5.41) is 3.51. The molecule has 1 heteroatoms. The van der Waals surface area contributed by atoms with E-state index in [2.05, 4.69) is 46.9 Å². The Kier molecular flexibility index (Phi) is 5.62. The molecule has 0 aromatic carbocycles. The smallest absolute Gasteiger partial charge is 0.00693 e. The van der Waals surface area contributed by atoms with Gasteiger partial charge in [0.15, 0.2) is 0 Å². The first-order chi connectivity index (χ1) is 5.95. The van der Waals surface area contributed by atoms with Crippen LogP contribution in [0.5, 0.6) is 0 Å². The highest BCUT2D eigenvalue weighted by atomic mass is 14.9. The number of nitrogens with one attached hydrogen (secondary N) is 1. The van der Waals surface area contributed by atoms with Gasteiger partial charge in [-0.15, -0.1) is 0 Å². The van der Waals surface area contributed by atoms with E-state index in [9.17, 15) is 0 Å². The quantitative estimate of drug-likeness (QED) is 0.668. The Balaban J connectivity index is 4.12. The maximum absolute atomic E-state index is 3.51. The second-order valence-electron chi connectivity index (χ2n) is 4.87. The Hall–Kier alpha value is -0.0400. The molecule has 1 N–H and O–H groups in total. The van der Waals surface area contributed by atoms with Gasteiger partial charge < -0.3 is 5.32 Å². The molecule has 0 amide bonds. The summed E-state index contributed by atoms with van der Waals surface area (Å²) in [6, 6.07) is 0.631. The van der Waals surface area contributed by atoms with E-state index in [-0.39, 0.29) is 0 Å². The molecular formula is C12H27N. The Morgan fingerprint density at radius 2 is 1.69 bits per heavy atom. The van der Waals surface area contributed by atoms with Gasteiger partial charge in [-0.3, -0.25) is 0 Å². The highest BCUT2D eigenvalue weighted by molar-refractivity contribution is 4.81. The van der Waals surface area contributed by atoms with Crippen molar-refractivity contribution in [2.75, 3.05) is 6.54 Å². The van der Waals surface area contributed by atoms with Crippen molar-refractivity contribution in [1.82, 2.24) is 5.32 Å². The van der Waals surface area contributed by atoms with Crippen molar-refractivity contribution in [2.24, 2.45) is 11.3 Å². The zero-order chi connectivity index (χ0) is 10.5. The third-order valence-electron chi connectivity index (χ3n) is 3.40. The highest BCUT2D eigenvalue weighted by Crippen LogP contribution is 2.33. The fourth-order valence-corrected chi connectivity index (χ4v) is 2.05. The molecule has 0 aromatic rings. The lowest BCUT2D eigenvalue weighted by Crippen LogP contribution is -2.39. The van der Waals surface area contributed by atoms with Gasteiger partial charge in [-0.1, -0.05) is 41.0 Å². The summed E-state index contributed by atoms with van der Waals surface area (Å²) in [6.45, 7) is 15.0. The van der Waals surface area contributed by atoms with Crippen LogP contribution in [0, 0.1) is 11.3 Å². The van der Waals surface area contributed by atoms with Gasteiger partial charge in [0, 0.05) is 6.04 Å². The topological polar surface area (TPSA) is 12.0 Å². The molecule has 1 nitrogen and oxygen atoms in total. The van der Waals surface area contributed by atoms with E-state index in [1.807, 2.05) is 0 Å². The normalized spacial score (nSPS) is 17.1. The first-order valence-corrected chi connectivity index (χ1v) is 5.69. The third kappa shape index (κ3) is 4.12. The summed E-state index contributed by atoms with van der Waals surface area (Å²) < 4.78 is 0. The largest absolute Gasteiger partial charge is 0.314 e. The van der Waals surface area contributed by atoms with E-state index in [0.29, 0.717) is 11.5 Å². The van der Waals surface area contributed by atoms with Crippen LogP contribution in [0.3, 0.4) is 0 Å². The number of rotatable bonds is 6. The van der Waals surface area contributed by atoms with Crippen LogP contribution in [0.15, 0.2) is 0 Å². The van der Waals surface area contributed by atoms with E-state index >= 15 is 0 Å². The molecule has 0 aromatic heterocycles. The summed E-state index contributed by atoms with van der Waals surface area (Å²) in [4.78, 5) is 0. The van der Waals surface area contributed by atoms with Crippen LogP contribution < -0.4 is 5.32 Å². The molecule has 80 valence electrons. The van der Waals surface area contributed by atoms with Gasteiger partial charge in [-0.25, -0.2) is 0 Å². The van der Waals surface area contributed by atoms with Gasteiger partial charge >= 0.3 is 0 Å². The predicted molar refractivity (Wildman–Crippen MR) is 61.0 cm³/mol. The van der Waals surface area contributed by atoms with Crippen LogP contribution in [0.1, 0.15) is 54.4 Å². The molecule has 0 rings (SSSR count). The number of hydrogen-bond acceptors (Lipinski definition) is 1. The minimum atomic E-state index is 0.469. The summed E-state index contributed by atoms with van der Waals surface area (Å²) in [5.41, 5.74) is 0.469. The van der Waals surface area contributed by atoms with E-state index in [4.69, 9.17) is 0 Å². The molecule has 0 fully saturated rings. The van der Waals surface area contributed by atoms with Crippen LogP contribution >= 0.6 is 0 Å². The Morgan fingerprint density at radius 3 is 2.08 bits per heavy atom. The molecule has 0 radical (unpaired) electrons. The van der Waals surface area contributed by atoms with Crippen LogP contribution in [-0.4, -0.2) is 12.6 Å². The maximum atomic E-state index is 3.51. The van der Waals surface area contributed by atoms with Gasteiger partial charge in [0.25, 0.3) is 0 Å². The van der Waals surface area contributed by atoms with Crippen molar-refractivity contribution in [3.63, 3.8) is 0 Å². The molecule has 2 atom stereocenters. The minimum Gasteiger partial charge on any atom is -0.314 e. The SMILES string of the molecule is CCCC(C)(C)C(C)[C@H](C)NCC. The molecule has 13 heavy (non-hydrogen) atoms. The van der Waals surface area contributed by atoms with Gasteiger partial charge in [-0.05, 0) is 31.2 Å². The molecule has 0 bridgehead atoms. The van der Waals surface area contributed by atoms with Crippen molar-refractivity contribution >= 4 is 0 Å². The van der Waals surface area contributed by atoms with Crippen molar-refractivity contribution in [3.05, 3.63) is 0 Å². The van der Waals surface area contributed by atoms with Gasteiger partial charge in [0.1, 0.15) is 0 Å². The molecule has 0 saturated heterocycles. The Labute approximate surface area is 84.3 Å². The van der Waals surface area contributed by atoms with E-state index in [1.54, 1.807) is 0 Å². The number of hydrogen-bond donors (Lipinski definition) is 1. The average Bonchev–Trinajstić information content (AvgIpc) is 2.03. The standard InChI is InChI=1S/C12H27N/c1-7-9-12(5,6)10(3)11(4)13-8-2/h10-11,13H,7-9H2,1-6H3/t10?,11-/m0/s1. The molecule has 0 aliphatic heterocycles. The van der Waals surface area contributed by atoms with Crippen molar-refractivity contribution in [2.45, 2.75) is 60.4 Å². The first kappa shape index (κ1) is 13.0. The average molecular weight is 185 g/mol. The van der Waals surface area contributed by atoms with E-state index in [1.165, 1.54) is 12.8 Å². The third-order valence-corrected chi connectivity index (χ3v) is 3.40. The second kappa shape index (κ2) is 5.64. The Bertz CT molecular complexity index is 129.